The Balaban J connectivity index is 1.26. The molecule has 0 fully saturated rings. The van der Waals surface area contributed by atoms with Gasteiger partial charge >= 0.3 is 11.9 Å². The van der Waals surface area contributed by atoms with Gasteiger partial charge in [-0.1, -0.05) is 12.1 Å². The maximum atomic E-state index is 12.4. The second-order valence-electron chi connectivity index (χ2n) is 9.10. The van der Waals surface area contributed by atoms with E-state index in [2.05, 4.69) is 41.1 Å². The molecule has 9 heteroatoms. The van der Waals surface area contributed by atoms with Crippen LogP contribution >= 0.6 is 0 Å². The molecule has 0 atom stereocenters. The fourth-order valence-corrected chi connectivity index (χ4v) is 3.84. The lowest BCUT2D eigenvalue weighted by Gasteiger charge is -2.10. The minimum Gasteiger partial charge on any atom is -0.486 e. The number of amides is 1. The second kappa shape index (κ2) is 12.6. The zero-order valence-corrected chi connectivity index (χ0v) is 22.3. The van der Waals surface area contributed by atoms with Crippen molar-refractivity contribution >= 4 is 18.1 Å². The first-order valence-corrected chi connectivity index (χ1v) is 12.5. The van der Waals surface area contributed by atoms with Crippen molar-refractivity contribution in [2.75, 3.05) is 6.61 Å². The molecular formula is C30H31N3O6. The van der Waals surface area contributed by atoms with Gasteiger partial charge in [0.05, 0.1) is 12.3 Å². The first-order chi connectivity index (χ1) is 18.8. The molecule has 2 heterocycles. The summed E-state index contributed by atoms with van der Waals surface area (Å²) in [7, 11) is 0. The van der Waals surface area contributed by atoms with Crippen LogP contribution in [0.3, 0.4) is 0 Å². The Hall–Kier alpha value is -4.79. The molecule has 0 aliphatic heterocycles. The predicted octanol–water partition coefficient (Wildman–Crippen LogP) is 5.36. The van der Waals surface area contributed by atoms with Crippen molar-refractivity contribution in [3.63, 3.8) is 0 Å². The molecule has 1 amide bonds. The smallest absolute Gasteiger partial charge is 0.344 e. The summed E-state index contributed by atoms with van der Waals surface area (Å²) < 4.78 is 24.1. The minimum absolute atomic E-state index is 0.111. The molecule has 0 saturated heterocycles. The van der Waals surface area contributed by atoms with Gasteiger partial charge in [-0.25, -0.2) is 10.2 Å². The highest BCUT2D eigenvalue weighted by molar-refractivity contribution is 5.92. The summed E-state index contributed by atoms with van der Waals surface area (Å²) in [6, 6.07) is 22.1. The molecule has 9 nitrogen and oxygen atoms in total. The topological polar surface area (TPSA) is 104 Å². The van der Waals surface area contributed by atoms with E-state index >= 15 is 0 Å². The maximum absolute atomic E-state index is 12.4. The number of aryl methyl sites for hydroxylation is 2. The maximum Gasteiger partial charge on any atom is 0.344 e. The van der Waals surface area contributed by atoms with Gasteiger partial charge in [-0.15, -0.1) is 0 Å². The van der Waals surface area contributed by atoms with Crippen molar-refractivity contribution in [1.82, 2.24) is 9.99 Å². The Morgan fingerprint density at radius 2 is 1.69 bits per heavy atom. The number of nitrogens with one attached hydrogen (secondary N) is 1. The Labute approximate surface area is 227 Å². The van der Waals surface area contributed by atoms with Crippen molar-refractivity contribution < 1.29 is 28.2 Å². The van der Waals surface area contributed by atoms with E-state index in [1.807, 2.05) is 24.3 Å². The Bertz CT molecular complexity index is 1430. The Morgan fingerprint density at radius 3 is 2.41 bits per heavy atom. The van der Waals surface area contributed by atoms with Crippen LogP contribution in [0.15, 0.2) is 82.3 Å². The number of ether oxygens (including phenoxy) is 3. The summed E-state index contributed by atoms with van der Waals surface area (Å²) in [6.45, 7) is 7.65. The van der Waals surface area contributed by atoms with Crippen LogP contribution in [-0.4, -0.2) is 35.4 Å². The number of furan rings is 1. The lowest BCUT2D eigenvalue weighted by Crippen LogP contribution is -2.18. The van der Waals surface area contributed by atoms with Crippen LogP contribution in [0.1, 0.15) is 47.1 Å². The second-order valence-corrected chi connectivity index (χ2v) is 9.10. The molecule has 0 saturated carbocycles. The molecule has 4 rings (SSSR count). The third-order valence-electron chi connectivity index (χ3n) is 5.59. The largest absolute Gasteiger partial charge is 0.486 e. The molecule has 0 bridgehead atoms. The fraction of sp³-hybridized carbons (Fsp3) is 0.233. The predicted molar refractivity (Wildman–Crippen MR) is 147 cm³/mol. The number of aromatic nitrogens is 1. The first kappa shape index (κ1) is 27.3. The van der Waals surface area contributed by atoms with Gasteiger partial charge in [-0.05, 0) is 93.9 Å². The molecule has 0 aliphatic carbocycles. The van der Waals surface area contributed by atoms with Crippen molar-refractivity contribution in [2.24, 2.45) is 5.10 Å². The molecule has 0 radical (unpaired) electrons. The third-order valence-corrected chi connectivity index (χ3v) is 5.59. The summed E-state index contributed by atoms with van der Waals surface area (Å²) in [5, 5.41) is 3.97. The van der Waals surface area contributed by atoms with Crippen LogP contribution in [0, 0.1) is 13.8 Å². The number of hydrazone groups is 1. The summed E-state index contributed by atoms with van der Waals surface area (Å²) in [4.78, 5) is 24.1. The van der Waals surface area contributed by atoms with E-state index in [0.717, 1.165) is 17.1 Å². The van der Waals surface area contributed by atoms with Crippen molar-refractivity contribution in [3.8, 4) is 17.2 Å². The zero-order chi connectivity index (χ0) is 27.8. The van der Waals surface area contributed by atoms with Crippen LogP contribution < -0.4 is 14.9 Å². The van der Waals surface area contributed by atoms with Crippen LogP contribution in [-0.2, 0) is 16.1 Å². The highest BCUT2D eigenvalue weighted by Crippen LogP contribution is 2.21. The highest BCUT2D eigenvalue weighted by atomic mass is 16.6. The standard InChI is InChI=1S/C30H31N3O6/c1-20(2)38-29(34)19-37-26-7-5-6-23(16-26)17-31-32-30(35)28-15-14-27(39-28)18-36-25-12-10-24(11-13-25)33-21(3)8-9-22(33)4/h5-17,20H,18-19H2,1-4H3,(H,32,35)/b31-17+. The molecule has 0 aliphatic rings. The van der Waals surface area contributed by atoms with Gasteiger partial charge in [-0.2, -0.15) is 5.10 Å². The van der Waals surface area contributed by atoms with Crippen molar-refractivity contribution in [1.29, 1.82) is 0 Å². The summed E-state index contributed by atoms with van der Waals surface area (Å²) >= 11 is 0. The van der Waals surface area contributed by atoms with E-state index in [4.69, 9.17) is 18.6 Å². The van der Waals surface area contributed by atoms with Crippen LogP contribution in [0.5, 0.6) is 11.5 Å². The fourth-order valence-electron chi connectivity index (χ4n) is 3.84. The van der Waals surface area contributed by atoms with Crippen LogP contribution in [0.25, 0.3) is 5.69 Å². The molecule has 2 aromatic heterocycles. The lowest BCUT2D eigenvalue weighted by molar-refractivity contribution is -0.149. The number of hydrogen-bond donors (Lipinski definition) is 1. The monoisotopic (exact) mass is 529 g/mol. The molecule has 0 unspecified atom stereocenters. The number of esters is 1. The normalized spacial score (nSPS) is 11.1. The molecule has 202 valence electrons. The first-order valence-electron chi connectivity index (χ1n) is 12.5. The summed E-state index contributed by atoms with van der Waals surface area (Å²) in [6.07, 6.45) is 1.26. The van der Waals surface area contributed by atoms with Gasteiger partial charge in [0.2, 0.25) is 0 Å². The number of nitrogens with zero attached hydrogens (tertiary/aromatic N) is 2. The van der Waals surface area contributed by atoms with E-state index < -0.39 is 11.9 Å². The number of rotatable bonds is 11. The molecule has 2 aromatic carbocycles. The van der Waals surface area contributed by atoms with Crippen LogP contribution in [0.2, 0.25) is 0 Å². The summed E-state index contributed by atoms with van der Waals surface area (Å²) in [5.74, 6) is 0.840. The van der Waals surface area contributed by atoms with E-state index in [9.17, 15) is 9.59 Å². The number of hydrogen-bond acceptors (Lipinski definition) is 7. The van der Waals surface area contributed by atoms with Crippen molar-refractivity contribution in [3.05, 3.63) is 101 Å². The van der Waals surface area contributed by atoms with Gasteiger partial charge in [-0.3, -0.25) is 4.79 Å². The number of benzene rings is 2. The Kier molecular flexibility index (Phi) is 8.83. The van der Waals surface area contributed by atoms with Crippen molar-refractivity contribution in [2.45, 2.75) is 40.4 Å². The number of carbonyl (C=O) groups is 2. The van der Waals surface area contributed by atoms with E-state index in [1.54, 1.807) is 50.2 Å². The number of carbonyl (C=O) groups excluding carboxylic acids is 2. The van der Waals surface area contributed by atoms with E-state index in [-0.39, 0.29) is 25.1 Å². The third kappa shape index (κ3) is 7.61. The molecule has 39 heavy (non-hydrogen) atoms. The van der Waals surface area contributed by atoms with Gasteiger partial charge in [0, 0.05) is 17.1 Å². The van der Waals surface area contributed by atoms with Gasteiger partial charge < -0.3 is 23.2 Å². The van der Waals surface area contributed by atoms with Gasteiger partial charge in [0.15, 0.2) is 12.4 Å². The highest BCUT2D eigenvalue weighted by Gasteiger charge is 2.11. The molecule has 1 N–H and O–H groups in total. The SMILES string of the molecule is Cc1ccc(C)n1-c1ccc(OCc2ccc(C(=O)N/N=C/c3cccc(OCC(=O)OC(C)C)c3)o2)cc1. The lowest BCUT2D eigenvalue weighted by atomic mass is 10.2. The summed E-state index contributed by atoms with van der Waals surface area (Å²) in [5.41, 5.74) is 6.49. The minimum atomic E-state index is -0.497. The van der Waals surface area contributed by atoms with E-state index in [1.165, 1.54) is 6.21 Å². The molecule has 4 aromatic rings. The average molecular weight is 530 g/mol. The Morgan fingerprint density at radius 1 is 0.949 bits per heavy atom. The van der Waals surface area contributed by atoms with Gasteiger partial charge in [0.1, 0.15) is 23.9 Å². The van der Waals surface area contributed by atoms with Gasteiger partial charge in [0.25, 0.3) is 0 Å². The molecule has 0 spiro atoms. The van der Waals surface area contributed by atoms with E-state index in [0.29, 0.717) is 22.8 Å². The van der Waals surface area contributed by atoms with Crippen LogP contribution in [0.4, 0.5) is 0 Å². The zero-order valence-electron chi connectivity index (χ0n) is 22.3. The average Bonchev–Trinajstić information content (AvgIpc) is 3.52. The quantitative estimate of drug-likeness (QED) is 0.159. The molecular weight excluding hydrogens is 498 g/mol.